The molecule has 0 amide bonds. The van der Waals surface area contributed by atoms with Crippen molar-refractivity contribution in [3.63, 3.8) is 0 Å². The Kier molecular flexibility index (Phi) is 4.18. The lowest BCUT2D eigenvalue weighted by molar-refractivity contribution is -0.145. The second-order valence-corrected chi connectivity index (χ2v) is 3.42. The van der Waals surface area contributed by atoms with E-state index in [-0.39, 0.29) is 12.0 Å². The third-order valence-electron chi connectivity index (χ3n) is 2.18. The Morgan fingerprint density at radius 2 is 2.23 bits per heavy atom. The molecule has 0 saturated heterocycles. The van der Waals surface area contributed by atoms with Gasteiger partial charge < -0.3 is 15.2 Å². The summed E-state index contributed by atoms with van der Waals surface area (Å²) in [6.07, 6.45) is 2.66. The number of hydrogen-bond acceptors (Lipinski definition) is 4. The predicted octanol–water partition coefficient (Wildman–Crippen LogP) is 0.303. The fraction of sp³-hybridized carbons (Fsp3) is 0.889. The normalized spacial score (nSPS) is 18.3. The summed E-state index contributed by atoms with van der Waals surface area (Å²) in [6.45, 7) is 0.775. The molecule has 0 aromatic rings. The van der Waals surface area contributed by atoms with Crippen molar-refractivity contribution in [3.8, 4) is 0 Å². The van der Waals surface area contributed by atoms with Gasteiger partial charge in [-0.1, -0.05) is 0 Å². The van der Waals surface area contributed by atoms with E-state index < -0.39 is 0 Å². The minimum Gasteiger partial charge on any atom is -0.463 e. The van der Waals surface area contributed by atoms with E-state index in [1.165, 1.54) is 0 Å². The molecule has 0 aliphatic heterocycles. The topological polar surface area (TPSA) is 61.5 Å². The molecule has 1 aliphatic rings. The molecule has 1 fully saturated rings. The van der Waals surface area contributed by atoms with Gasteiger partial charge in [0.15, 0.2) is 0 Å². The van der Waals surface area contributed by atoms with Crippen molar-refractivity contribution in [3.05, 3.63) is 0 Å². The first-order chi connectivity index (χ1) is 6.24. The molecule has 0 aromatic heterocycles. The van der Waals surface area contributed by atoms with Crippen LogP contribution >= 0.6 is 0 Å². The smallest absolute Gasteiger partial charge is 0.307 e. The maximum absolute atomic E-state index is 11.1. The van der Waals surface area contributed by atoms with Crippen LogP contribution in [0.3, 0.4) is 0 Å². The SMILES string of the molecule is COCCOC(=O)CC(N)C1CC1. The predicted molar refractivity (Wildman–Crippen MR) is 48.2 cm³/mol. The average molecular weight is 187 g/mol. The number of hydrogen-bond donors (Lipinski definition) is 1. The minimum absolute atomic E-state index is 0.00459. The van der Waals surface area contributed by atoms with Gasteiger partial charge in [0.05, 0.1) is 13.0 Å². The van der Waals surface area contributed by atoms with Crippen LogP contribution in [-0.4, -0.2) is 32.3 Å². The van der Waals surface area contributed by atoms with E-state index >= 15 is 0 Å². The summed E-state index contributed by atoms with van der Waals surface area (Å²) in [7, 11) is 1.57. The van der Waals surface area contributed by atoms with Crippen molar-refractivity contribution in [2.45, 2.75) is 25.3 Å². The molecule has 4 nitrogen and oxygen atoms in total. The van der Waals surface area contributed by atoms with E-state index in [4.69, 9.17) is 15.2 Å². The minimum atomic E-state index is -0.212. The summed E-state index contributed by atoms with van der Waals surface area (Å²) in [5, 5.41) is 0. The molecule has 2 N–H and O–H groups in total. The molecule has 0 radical (unpaired) electrons. The van der Waals surface area contributed by atoms with Crippen molar-refractivity contribution < 1.29 is 14.3 Å². The van der Waals surface area contributed by atoms with E-state index in [1.807, 2.05) is 0 Å². The maximum Gasteiger partial charge on any atom is 0.307 e. The second kappa shape index (κ2) is 5.19. The molecule has 0 spiro atoms. The largest absolute Gasteiger partial charge is 0.463 e. The zero-order chi connectivity index (χ0) is 9.68. The Morgan fingerprint density at radius 1 is 1.54 bits per heavy atom. The molecule has 1 aliphatic carbocycles. The van der Waals surface area contributed by atoms with Crippen LogP contribution in [0.15, 0.2) is 0 Å². The van der Waals surface area contributed by atoms with Gasteiger partial charge in [0, 0.05) is 13.2 Å². The zero-order valence-corrected chi connectivity index (χ0v) is 7.99. The molecule has 13 heavy (non-hydrogen) atoms. The Morgan fingerprint density at radius 3 is 2.77 bits per heavy atom. The molecule has 1 atom stereocenters. The highest BCUT2D eigenvalue weighted by atomic mass is 16.6. The average Bonchev–Trinajstić information content (AvgIpc) is 2.86. The van der Waals surface area contributed by atoms with E-state index in [0.717, 1.165) is 12.8 Å². The number of carbonyl (C=O) groups excluding carboxylic acids is 1. The van der Waals surface area contributed by atoms with Gasteiger partial charge in [0.2, 0.25) is 0 Å². The summed E-state index contributed by atoms with van der Waals surface area (Å²) in [5.41, 5.74) is 5.75. The molecular weight excluding hydrogens is 170 g/mol. The highest BCUT2D eigenvalue weighted by molar-refractivity contribution is 5.70. The molecule has 4 heteroatoms. The number of methoxy groups -OCH3 is 1. The third kappa shape index (κ3) is 4.24. The number of rotatable bonds is 6. The van der Waals surface area contributed by atoms with Gasteiger partial charge in [-0.25, -0.2) is 0 Å². The Labute approximate surface area is 78.4 Å². The van der Waals surface area contributed by atoms with Crippen LogP contribution in [0.5, 0.6) is 0 Å². The van der Waals surface area contributed by atoms with E-state index in [0.29, 0.717) is 25.6 Å². The van der Waals surface area contributed by atoms with Crippen LogP contribution in [0.4, 0.5) is 0 Å². The summed E-state index contributed by atoms with van der Waals surface area (Å²) in [5.74, 6) is 0.339. The van der Waals surface area contributed by atoms with E-state index in [2.05, 4.69) is 0 Å². The van der Waals surface area contributed by atoms with Crippen molar-refractivity contribution >= 4 is 5.97 Å². The van der Waals surface area contributed by atoms with E-state index in [1.54, 1.807) is 7.11 Å². The number of esters is 1. The quantitative estimate of drug-likeness (QED) is 0.480. The first-order valence-electron chi connectivity index (χ1n) is 4.64. The van der Waals surface area contributed by atoms with Crippen LogP contribution < -0.4 is 5.73 Å². The van der Waals surface area contributed by atoms with Crippen LogP contribution in [0.25, 0.3) is 0 Å². The summed E-state index contributed by atoms with van der Waals surface area (Å²) >= 11 is 0. The van der Waals surface area contributed by atoms with Gasteiger partial charge in [-0.3, -0.25) is 4.79 Å². The summed E-state index contributed by atoms with van der Waals surface area (Å²) in [6, 6.07) is -0.00459. The highest BCUT2D eigenvalue weighted by Crippen LogP contribution is 2.32. The lowest BCUT2D eigenvalue weighted by Crippen LogP contribution is -2.27. The van der Waals surface area contributed by atoms with Crippen molar-refractivity contribution in [1.82, 2.24) is 0 Å². The monoisotopic (exact) mass is 187 g/mol. The Hall–Kier alpha value is -0.610. The molecule has 1 saturated carbocycles. The number of carbonyl (C=O) groups is 1. The first-order valence-corrected chi connectivity index (χ1v) is 4.64. The van der Waals surface area contributed by atoms with E-state index in [9.17, 15) is 4.79 Å². The van der Waals surface area contributed by atoms with Gasteiger partial charge in [0.1, 0.15) is 6.61 Å². The first kappa shape index (κ1) is 10.5. The highest BCUT2D eigenvalue weighted by Gasteiger charge is 2.30. The number of nitrogens with two attached hydrogens (primary N) is 1. The zero-order valence-electron chi connectivity index (χ0n) is 7.99. The molecule has 0 heterocycles. The molecule has 76 valence electrons. The summed E-state index contributed by atoms with van der Waals surface area (Å²) in [4.78, 5) is 11.1. The second-order valence-electron chi connectivity index (χ2n) is 3.42. The molecule has 0 aromatic carbocycles. The fourth-order valence-electron chi connectivity index (χ4n) is 1.18. The lowest BCUT2D eigenvalue weighted by atomic mass is 10.1. The van der Waals surface area contributed by atoms with Crippen LogP contribution in [-0.2, 0) is 14.3 Å². The fourth-order valence-corrected chi connectivity index (χ4v) is 1.18. The van der Waals surface area contributed by atoms with Gasteiger partial charge >= 0.3 is 5.97 Å². The van der Waals surface area contributed by atoms with Gasteiger partial charge in [-0.2, -0.15) is 0 Å². The maximum atomic E-state index is 11.1. The van der Waals surface area contributed by atoms with Crippen LogP contribution in [0, 0.1) is 5.92 Å². The molecular formula is C9H17NO3. The van der Waals surface area contributed by atoms with Gasteiger partial charge in [-0.05, 0) is 18.8 Å². The Balaban J connectivity index is 2.02. The van der Waals surface area contributed by atoms with Crippen molar-refractivity contribution in [1.29, 1.82) is 0 Å². The van der Waals surface area contributed by atoms with Crippen molar-refractivity contribution in [2.75, 3.05) is 20.3 Å². The van der Waals surface area contributed by atoms with Crippen LogP contribution in [0.2, 0.25) is 0 Å². The lowest BCUT2D eigenvalue weighted by Gasteiger charge is -2.09. The Bertz CT molecular complexity index is 168. The summed E-state index contributed by atoms with van der Waals surface area (Å²) < 4.78 is 9.64. The molecule has 1 rings (SSSR count). The number of ether oxygens (including phenoxy) is 2. The molecule has 0 bridgehead atoms. The van der Waals surface area contributed by atoms with Gasteiger partial charge in [-0.15, -0.1) is 0 Å². The van der Waals surface area contributed by atoms with Gasteiger partial charge in [0.25, 0.3) is 0 Å². The van der Waals surface area contributed by atoms with Crippen LogP contribution in [0.1, 0.15) is 19.3 Å². The molecule has 1 unspecified atom stereocenters. The standard InChI is InChI=1S/C9H17NO3/c1-12-4-5-13-9(11)6-8(10)7-2-3-7/h7-8H,2-6,10H2,1H3. The third-order valence-corrected chi connectivity index (χ3v) is 2.18. The van der Waals surface area contributed by atoms with Crippen molar-refractivity contribution in [2.24, 2.45) is 11.7 Å².